The Morgan fingerprint density at radius 3 is 3.07 bits per heavy atom. The van der Waals surface area contributed by atoms with Crippen molar-refractivity contribution in [2.75, 3.05) is 5.32 Å². The molecule has 0 radical (unpaired) electrons. The van der Waals surface area contributed by atoms with E-state index in [0.717, 1.165) is 5.82 Å². The van der Waals surface area contributed by atoms with Crippen molar-refractivity contribution in [3.63, 3.8) is 0 Å². The number of aromatic nitrogens is 4. The summed E-state index contributed by atoms with van der Waals surface area (Å²) in [6, 6.07) is 1.80. The van der Waals surface area contributed by atoms with Crippen molar-refractivity contribution in [1.82, 2.24) is 19.9 Å². The molecule has 0 saturated heterocycles. The van der Waals surface area contributed by atoms with E-state index < -0.39 is 0 Å². The van der Waals surface area contributed by atoms with Crippen LogP contribution < -0.4 is 11.1 Å². The highest BCUT2D eigenvalue weighted by molar-refractivity contribution is 5.46. The molecule has 14 heavy (non-hydrogen) atoms. The van der Waals surface area contributed by atoms with E-state index in [4.69, 9.17) is 10.3 Å². The summed E-state index contributed by atoms with van der Waals surface area (Å²) in [5.41, 5.74) is 5.32. The number of hydrogen-bond donors (Lipinski definition) is 2. The Morgan fingerprint density at radius 2 is 2.50 bits per heavy atom. The fourth-order valence-corrected chi connectivity index (χ4v) is 1.000. The summed E-state index contributed by atoms with van der Waals surface area (Å²) < 4.78 is 6.49. The molecule has 0 aliphatic heterocycles. The number of rotatable bonds is 3. The Hall–Kier alpha value is -1.89. The number of anilines is 2. The molecular weight excluding hydrogens is 184 g/mol. The third-order valence-electron chi connectivity index (χ3n) is 1.70. The summed E-state index contributed by atoms with van der Waals surface area (Å²) in [7, 11) is 1.81. The maximum Gasteiger partial charge on any atom is 0.269 e. The van der Waals surface area contributed by atoms with Gasteiger partial charge in [-0.2, -0.15) is 10.1 Å². The average Bonchev–Trinajstić information content (AvgIpc) is 2.77. The first-order chi connectivity index (χ1) is 6.79. The van der Waals surface area contributed by atoms with Crippen LogP contribution in [0, 0.1) is 0 Å². The zero-order valence-electron chi connectivity index (χ0n) is 7.64. The standard InChI is InChI=1S/C7H10N6O/c1-13-5(2-3-9-13)10-7-11-6(4-8)14-12-7/h2-3H,4,8H2,1H3,(H,10,12). The van der Waals surface area contributed by atoms with Crippen LogP contribution in [0.3, 0.4) is 0 Å². The van der Waals surface area contributed by atoms with Crippen LogP contribution in [0.25, 0.3) is 0 Å². The number of nitrogens with one attached hydrogen (secondary N) is 1. The van der Waals surface area contributed by atoms with Gasteiger partial charge in [-0.3, -0.25) is 4.68 Å². The van der Waals surface area contributed by atoms with Gasteiger partial charge in [-0.25, -0.2) is 0 Å². The molecule has 2 aromatic heterocycles. The minimum Gasteiger partial charge on any atom is -0.336 e. The smallest absolute Gasteiger partial charge is 0.269 e. The highest BCUT2D eigenvalue weighted by Crippen LogP contribution is 2.11. The summed E-state index contributed by atoms with van der Waals surface area (Å²) in [4.78, 5) is 3.99. The van der Waals surface area contributed by atoms with E-state index in [9.17, 15) is 0 Å². The summed E-state index contributed by atoms with van der Waals surface area (Å²) in [6.45, 7) is 0.236. The van der Waals surface area contributed by atoms with E-state index in [1.54, 1.807) is 16.9 Å². The molecule has 0 aliphatic carbocycles. The van der Waals surface area contributed by atoms with Crippen molar-refractivity contribution in [1.29, 1.82) is 0 Å². The van der Waals surface area contributed by atoms with Crippen molar-refractivity contribution in [3.05, 3.63) is 18.2 Å². The Morgan fingerprint density at radius 1 is 1.64 bits per heavy atom. The Labute approximate surface area is 79.9 Å². The number of aryl methyl sites for hydroxylation is 1. The van der Waals surface area contributed by atoms with Crippen molar-refractivity contribution < 1.29 is 4.52 Å². The molecule has 3 N–H and O–H groups in total. The van der Waals surface area contributed by atoms with Crippen LogP contribution in [0.5, 0.6) is 0 Å². The third-order valence-corrected chi connectivity index (χ3v) is 1.70. The van der Waals surface area contributed by atoms with Crippen LogP contribution in [0.15, 0.2) is 16.8 Å². The predicted octanol–water partition coefficient (Wildman–Crippen LogP) is 0.00540. The van der Waals surface area contributed by atoms with E-state index in [1.165, 1.54) is 0 Å². The molecule has 0 fully saturated rings. The summed E-state index contributed by atoms with van der Waals surface area (Å²) in [5, 5.41) is 10.6. The average molecular weight is 194 g/mol. The topological polar surface area (TPSA) is 94.8 Å². The van der Waals surface area contributed by atoms with E-state index in [0.29, 0.717) is 11.8 Å². The quantitative estimate of drug-likeness (QED) is 0.714. The SMILES string of the molecule is Cn1nccc1Nc1noc(CN)n1. The minimum absolute atomic E-state index is 0.236. The molecule has 0 amide bonds. The van der Waals surface area contributed by atoms with Gasteiger partial charge in [0.2, 0.25) is 5.89 Å². The van der Waals surface area contributed by atoms with Gasteiger partial charge >= 0.3 is 0 Å². The van der Waals surface area contributed by atoms with Crippen molar-refractivity contribution >= 4 is 11.8 Å². The zero-order chi connectivity index (χ0) is 9.97. The highest BCUT2D eigenvalue weighted by atomic mass is 16.5. The van der Waals surface area contributed by atoms with Gasteiger partial charge in [0.1, 0.15) is 5.82 Å². The lowest BCUT2D eigenvalue weighted by Gasteiger charge is -1.99. The van der Waals surface area contributed by atoms with E-state index in [2.05, 4.69) is 20.6 Å². The second kappa shape index (κ2) is 3.46. The Kier molecular flexibility index (Phi) is 2.15. The zero-order valence-corrected chi connectivity index (χ0v) is 7.64. The van der Waals surface area contributed by atoms with E-state index in [1.807, 2.05) is 7.05 Å². The third kappa shape index (κ3) is 1.57. The van der Waals surface area contributed by atoms with Crippen molar-refractivity contribution in [3.8, 4) is 0 Å². The van der Waals surface area contributed by atoms with Crippen LogP contribution in [0.4, 0.5) is 11.8 Å². The second-order valence-corrected chi connectivity index (χ2v) is 2.68. The maximum atomic E-state index is 5.32. The fraction of sp³-hybridized carbons (Fsp3) is 0.286. The van der Waals surface area contributed by atoms with Gasteiger partial charge in [0, 0.05) is 13.1 Å². The Balaban J connectivity index is 2.15. The molecule has 0 unspecified atom stereocenters. The Bertz CT molecular complexity index is 419. The number of nitrogens with two attached hydrogens (primary N) is 1. The molecule has 7 nitrogen and oxygen atoms in total. The molecule has 0 aliphatic rings. The van der Waals surface area contributed by atoms with Crippen molar-refractivity contribution in [2.24, 2.45) is 12.8 Å². The molecule has 74 valence electrons. The molecule has 2 aromatic rings. The molecule has 0 spiro atoms. The largest absolute Gasteiger partial charge is 0.336 e. The fourth-order valence-electron chi connectivity index (χ4n) is 1.000. The summed E-state index contributed by atoms with van der Waals surface area (Å²) in [5.74, 6) is 1.57. The van der Waals surface area contributed by atoms with E-state index >= 15 is 0 Å². The molecular formula is C7H10N6O. The lowest BCUT2D eigenvalue weighted by Crippen LogP contribution is -2.01. The molecule has 0 bridgehead atoms. The van der Waals surface area contributed by atoms with Crippen LogP contribution in [-0.2, 0) is 13.6 Å². The first-order valence-electron chi connectivity index (χ1n) is 4.07. The van der Waals surface area contributed by atoms with E-state index in [-0.39, 0.29) is 6.54 Å². The highest BCUT2D eigenvalue weighted by Gasteiger charge is 2.05. The molecule has 0 saturated carbocycles. The van der Waals surface area contributed by atoms with Gasteiger partial charge in [0.05, 0.1) is 12.7 Å². The van der Waals surface area contributed by atoms with Gasteiger partial charge in [-0.1, -0.05) is 0 Å². The van der Waals surface area contributed by atoms with Gasteiger partial charge < -0.3 is 15.6 Å². The van der Waals surface area contributed by atoms with Crippen molar-refractivity contribution in [2.45, 2.75) is 6.54 Å². The number of hydrogen-bond acceptors (Lipinski definition) is 6. The van der Waals surface area contributed by atoms with Crippen LogP contribution in [0.1, 0.15) is 5.89 Å². The van der Waals surface area contributed by atoms with Crippen LogP contribution >= 0.6 is 0 Å². The van der Waals surface area contributed by atoms with Crippen LogP contribution in [0.2, 0.25) is 0 Å². The summed E-state index contributed by atoms with van der Waals surface area (Å²) in [6.07, 6.45) is 1.67. The van der Waals surface area contributed by atoms with Gasteiger partial charge in [0.15, 0.2) is 0 Å². The van der Waals surface area contributed by atoms with Gasteiger partial charge in [0.25, 0.3) is 5.95 Å². The monoisotopic (exact) mass is 194 g/mol. The first-order valence-corrected chi connectivity index (χ1v) is 4.07. The predicted molar refractivity (Wildman–Crippen MR) is 48.7 cm³/mol. The normalized spacial score (nSPS) is 10.4. The molecule has 0 atom stereocenters. The molecule has 2 heterocycles. The van der Waals surface area contributed by atoms with Gasteiger partial charge in [-0.15, -0.1) is 0 Å². The molecule has 7 heteroatoms. The minimum atomic E-state index is 0.236. The molecule has 0 aromatic carbocycles. The number of nitrogens with zero attached hydrogens (tertiary/aromatic N) is 4. The maximum absolute atomic E-state index is 5.32. The van der Waals surface area contributed by atoms with Crippen LogP contribution in [-0.4, -0.2) is 19.9 Å². The second-order valence-electron chi connectivity index (χ2n) is 2.68. The summed E-state index contributed by atoms with van der Waals surface area (Å²) >= 11 is 0. The van der Waals surface area contributed by atoms with Gasteiger partial charge in [-0.05, 0) is 5.16 Å². The lowest BCUT2D eigenvalue weighted by molar-refractivity contribution is 0.381. The first kappa shape index (κ1) is 8.70. The lowest BCUT2D eigenvalue weighted by atomic mass is 10.6. The molecule has 2 rings (SSSR count).